The van der Waals surface area contributed by atoms with Crippen LogP contribution < -0.4 is 10.2 Å². The molecule has 27 heavy (non-hydrogen) atoms. The summed E-state index contributed by atoms with van der Waals surface area (Å²) in [7, 11) is -3.13. The van der Waals surface area contributed by atoms with Crippen LogP contribution in [0.5, 0.6) is 0 Å². The van der Waals surface area contributed by atoms with Gasteiger partial charge in [-0.2, -0.15) is 0 Å². The van der Waals surface area contributed by atoms with Gasteiger partial charge in [0.1, 0.15) is 0 Å². The molecule has 1 heterocycles. The quantitative estimate of drug-likeness (QED) is 0.745. The third-order valence-corrected chi connectivity index (χ3v) is 8.30. The Labute approximate surface area is 167 Å². The minimum atomic E-state index is -3.13. The molecule has 0 radical (unpaired) electrons. The minimum Gasteiger partial charge on any atom is -0.371 e. The standard InChI is InChI=1S/C20H29ClN2O3S/c1-15-6-7-17(21)12-19(15)23-10-8-16(14-23)13-22-20(24)9-11-27(25,26)18-4-2-3-5-18/h6-7,12,16,18H,2-5,8-11,13-14H2,1H3,(H,22,24). The van der Waals surface area contributed by atoms with Gasteiger partial charge in [0.2, 0.25) is 5.91 Å². The van der Waals surface area contributed by atoms with E-state index in [9.17, 15) is 13.2 Å². The number of amides is 1. The summed E-state index contributed by atoms with van der Waals surface area (Å²) >= 11 is 6.12. The Hall–Kier alpha value is -1.27. The van der Waals surface area contributed by atoms with Crippen LogP contribution in [0.25, 0.3) is 0 Å². The second-order valence-electron chi connectivity index (χ2n) is 7.86. The van der Waals surface area contributed by atoms with Gasteiger partial charge in [0, 0.05) is 36.8 Å². The fourth-order valence-electron chi connectivity index (χ4n) is 4.14. The molecule has 7 heteroatoms. The summed E-state index contributed by atoms with van der Waals surface area (Å²) in [5.41, 5.74) is 2.35. The average Bonchev–Trinajstić information content (AvgIpc) is 3.32. The van der Waals surface area contributed by atoms with Crippen LogP contribution in [0.4, 0.5) is 5.69 Å². The number of hydrogen-bond acceptors (Lipinski definition) is 4. The summed E-state index contributed by atoms with van der Waals surface area (Å²) in [5.74, 6) is 0.190. The monoisotopic (exact) mass is 412 g/mol. The summed E-state index contributed by atoms with van der Waals surface area (Å²) in [6.07, 6.45) is 4.56. The van der Waals surface area contributed by atoms with Crippen LogP contribution >= 0.6 is 11.6 Å². The van der Waals surface area contributed by atoms with E-state index in [0.717, 1.165) is 55.9 Å². The van der Waals surface area contributed by atoms with E-state index < -0.39 is 9.84 Å². The average molecular weight is 413 g/mol. The van der Waals surface area contributed by atoms with E-state index in [4.69, 9.17) is 11.6 Å². The van der Waals surface area contributed by atoms with Crippen molar-refractivity contribution in [1.82, 2.24) is 5.32 Å². The molecule has 2 aliphatic rings. The van der Waals surface area contributed by atoms with Gasteiger partial charge < -0.3 is 10.2 Å². The predicted octanol–water partition coefficient (Wildman–Crippen LogP) is 3.34. The second kappa shape index (κ2) is 8.82. The van der Waals surface area contributed by atoms with E-state index in [1.54, 1.807) is 0 Å². The van der Waals surface area contributed by atoms with Crippen molar-refractivity contribution < 1.29 is 13.2 Å². The molecule has 0 bridgehead atoms. The van der Waals surface area contributed by atoms with Gasteiger partial charge in [0.05, 0.1) is 11.0 Å². The predicted molar refractivity (Wildman–Crippen MR) is 110 cm³/mol. The first-order valence-electron chi connectivity index (χ1n) is 9.84. The summed E-state index contributed by atoms with van der Waals surface area (Å²) in [5, 5.41) is 3.43. The number of rotatable bonds is 7. The Bertz CT molecular complexity index is 775. The molecular weight excluding hydrogens is 384 g/mol. The maximum atomic E-state index is 12.3. The van der Waals surface area contributed by atoms with Gasteiger partial charge in [-0.05, 0) is 49.8 Å². The van der Waals surface area contributed by atoms with E-state index in [0.29, 0.717) is 12.5 Å². The van der Waals surface area contributed by atoms with Gasteiger partial charge >= 0.3 is 0 Å². The van der Waals surface area contributed by atoms with Crippen molar-refractivity contribution in [3.05, 3.63) is 28.8 Å². The van der Waals surface area contributed by atoms with Crippen LogP contribution in [-0.4, -0.2) is 45.0 Å². The van der Waals surface area contributed by atoms with Crippen LogP contribution in [0, 0.1) is 12.8 Å². The lowest BCUT2D eigenvalue weighted by Crippen LogP contribution is -2.33. The zero-order valence-electron chi connectivity index (χ0n) is 15.9. The number of carbonyl (C=O) groups excluding carboxylic acids is 1. The first kappa shape index (κ1) is 20.5. The van der Waals surface area contributed by atoms with Crippen molar-refractivity contribution in [3.8, 4) is 0 Å². The van der Waals surface area contributed by atoms with Gasteiger partial charge in [-0.15, -0.1) is 0 Å². The maximum absolute atomic E-state index is 12.3. The molecule has 1 unspecified atom stereocenters. The highest BCUT2D eigenvalue weighted by Crippen LogP contribution is 2.29. The topological polar surface area (TPSA) is 66.5 Å². The molecule has 3 rings (SSSR count). The number of sulfone groups is 1. The Morgan fingerprint density at radius 2 is 2.00 bits per heavy atom. The maximum Gasteiger partial charge on any atom is 0.221 e. The Kier molecular flexibility index (Phi) is 6.69. The van der Waals surface area contributed by atoms with Crippen molar-refractivity contribution in [3.63, 3.8) is 0 Å². The van der Waals surface area contributed by atoms with Crippen LogP contribution in [0.3, 0.4) is 0 Å². The smallest absolute Gasteiger partial charge is 0.221 e. The fraction of sp³-hybridized carbons (Fsp3) is 0.650. The number of benzene rings is 1. The normalized spacial score (nSPS) is 21.0. The van der Waals surface area contributed by atoms with Crippen molar-refractivity contribution in [2.75, 3.05) is 30.3 Å². The van der Waals surface area contributed by atoms with Crippen LogP contribution in [0.15, 0.2) is 18.2 Å². The lowest BCUT2D eigenvalue weighted by Gasteiger charge is -2.21. The Balaban J connectivity index is 1.43. The van der Waals surface area contributed by atoms with Gasteiger partial charge in [-0.3, -0.25) is 4.79 Å². The molecule has 0 aromatic heterocycles. The molecule has 1 aliphatic carbocycles. The van der Waals surface area contributed by atoms with Crippen molar-refractivity contribution in [1.29, 1.82) is 0 Å². The van der Waals surface area contributed by atoms with Gasteiger partial charge in [-0.1, -0.05) is 30.5 Å². The summed E-state index contributed by atoms with van der Waals surface area (Å²) in [6, 6.07) is 5.91. The third-order valence-electron chi connectivity index (χ3n) is 5.81. The Morgan fingerprint density at radius 3 is 2.74 bits per heavy atom. The number of carbonyl (C=O) groups is 1. The second-order valence-corrected chi connectivity index (χ2v) is 10.7. The molecule has 0 spiro atoms. The molecule has 1 aliphatic heterocycles. The first-order valence-corrected chi connectivity index (χ1v) is 11.9. The SMILES string of the molecule is Cc1ccc(Cl)cc1N1CCC(CNC(=O)CCS(=O)(=O)C2CCCC2)C1. The first-order chi connectivity index (χ1) is 12.8. The number of nitrogens with one attached hydrogen (secondary N) is 1. The van der Waals surface area contributed by atoms with E-state index in [2.05, 4.69) is 17.1 Å². The molecule has 1 amide bonds. The van der Waals surface area contributed by atoms with Gasteiger partial charge in [-0.25, -0.2) is 8.42 Å². The molecule has 1 saturated carbocycles. The minimum absolute atomic E-state index is 0.0258. The van der Waals surface area contributed by atoms with E-state index in [1.165, 1.54) is 5.56 Å². The van der Waals surface area contributed by atoms with Crippen molar-refractivity contribution >= 4 is 33.0 Å². The van der Waals surface area contributed by atoms with Crippen molar-refractivity contribution in [2.24, 2.45) is 5.92 Å². The Morgan fingerprint density at radius 1 is 1.26 bits per heavy atom. The molecule has 1 aromatic carbocycles. The molecule has 1 saturated heterocycles. The molecule has 2 fully saturated rings. The lowest BCUT2D eigenvalue weighted by molar-refractivity contribution is -0.120. The van der Waals surface area contributed by atoms with E-state index in [1.807, 2.05) is 18.2 Å². The van der Waals surface area contributed by atoms with Crippen LogP contribution in [-0.2, 0) is 14.6 Å². The molecule has 1 atom stereocenters. The molecule has 5 nitrogen and oxygen atoms in total. The number of aryl methyl sites for hydroxylation is 1. The number of hydrogen-bond donors (Lipinski definition) is 1. The highest BCUT2D eigenvalue weighted by atomic mass is 35.5. The third kappa shape index (κ3) is 5.38. The zero-order valence-corrected chi connectivity index (χ0v) is 17.5. The van der Waals surface area contributed by atoms with Crippen LogP contribution in [0.2, 0.25) is 5.02 Å². The zero-order chi connectivity index (χ0) is 19.4. The number of anilines is 1. The molecule has 1 aromatic rings. The van der Waals surface area contributed by atoms with Gasteiger partial charge in [0.25, 0.3) is 0 Å². The van der Waals surface area contributed by atoms with E-state index >= 15 is 0 Å². The fourth-order valence-corrected chi connectivity index (χ4v) is 6.16. The number of nitrogens with zero attached hydrogens (tertiary/aromatic N) is 1. The van der Waals surface area contributed by atoms with E-state index in [-0.39, 0.29) is 23.3 Å². The molecule has 150 valence electrons. The summed E-state index contributed by atoms with van der Waals surface area (Å²) < 4.78 is 24.5. The summed E-state index contributed by atoms with van der Waals surface area (Å²) in [6.45, 7) is 4.49. The lowest BCUT2D eigenvalue weighted by atomic mass is 10.1. The highest BCUT2D eigenvalue weighted by Gasteiger charge is 2.29. The largest absolute Gasteiger partial charge is 0.371 e. The molecule has 1 N–H and O–H groups in total. The summed E-state index contributed by atoms with van der Waals surface area (Å²) in [4.78, 5) is 14.4. The van der Waals surface area contributed by atoms with Gasteiger partial charge in [0.15, 0.2) is 9.84 Å². The number of halogens is 1. The molecular formula is C20H29ClN2O3S. The highest BCUT2D eigenvalue weighted by molar-refractivity contribution is 7.92. The van der Waals surface area contributed by atoms with Crippen molar-refractivity contribution in [2.45, 2.75) is 50.7 Å². The van der Waals surface area contributed by atoms with Crippen LogP contribution in [0.1, 0.15) is 44.1 Å².